The number of nitrogens with two attached hydrogens (primary N) is 1. The lowest BCUT2D eigenvalue weighted by molar-refractivity contribution is 0.478. The second-order valence-electron chi connectivity index (χ2n) is 4.35. The van der Waals surface area contributed by atoms with Crippen molar-refractivity contribution in [3.8, 4) is 0 Å². The van der Waals surface area contributed by atoms with Crippen LogP contribution in [0.15, 0.2) is 15.4 Å². The van der Waals surface area contributed by atoms with E-state index in [0.29, 0.717) is 11.5 Å². The largest absolute Gasteiger partial charge is 0.464 e. The third-order valence-electron chi connectivity index (χ3n) is 2.67. The van der Waals surface area contributed by atoms with Gasteiger partial charge in [0.15, 0.2) is 0 Å². The van der Waals surface area contributed by atoms with Crippen LogP contribution in [-0.2, 0) is 16.6 Å². The minimum atomic E-state index is -3.53. The van der Waals surface area contributed by atoms with Crippen molar-refractivity contribution >= 4 is 21.8 Å². The van der Waals surface area contributed by atoms with E-state index in [1.54, 1.807) is 18.7 Å². The lowest BCUT2D eigenvalue weighted by atomic mass is 10.3. The molecule has 0 bridgehead atoms. The number of furan rings is 1. The molecular weight excluding hydrogens is 284 g/mol. The summed E-state index contributed by atoms with van der Waals surface area (Å²) >= 11 is 1.80. The smallest absolute Gasteiger partial charge is 0.244 e. The summed E-state index contributed by atoms with van der Waals surface area (Å²) in [6, 6.07) is 1.39. The fourth-order valence-electron chi connectivity index (χ4n) is 1.68. The average molecular weight is 306 g/mol. The first kappa shape index (κ1) is 16.6. The highest BCUT2D eigenvalue weighted by Gasteiger charge is 2.22. The molecule has 0 aliphatic rings. The van der Waals surface area contributed by atoms with Crippen LogP contribution < -0.4 is 10.5 Å². The van der Waals surface area contributed by atoms with Gasteiger partial charge in [0.2, 0.25) is 10.0 Å². The zero-order valence-electron chi connectivity index (χ0n) is 11.6. The van der Waals surface area contributed by atoms with Crippen LogP contribution in [0.4, 0.5) is 0 Å². The van der Waals surface area contributed by atoms with Gasteiger partial charge in [-0.2, -0.15) is 11.8 Å². The molecule has 0 fully saturated rings. The first-order valence-corrected chi connectivity index (χ1v) is 8.94. The Labute approximate surface area is 119 Å². The van der Waals surface area contributed by atoms with Crippen LogP contribution in [0.25, 0.3) is 0 Å². The minimum Gasteiger partial charge on any atom is -0.464 e. The Kier molecular flexibility index (Phi) is 6.38. The molecule has 5 nitrogen and oxygen atoms in total. The summed E-state index contributed by atoms with van der Waals surface area (Å²) in [6.45, 7) is 5.78. The van der Waals surface area contributed by atoms with Crippen LogP contribution >= 0.6 is 11.8 Å². The molecule has 0 aliphatic carbocycles. The summed E-state index contributed by atoms with van der Waals surface area (Å²) < 4.78 is 32.4. The number of hydrogen-bond acceptors (Lipinski definition) is 5. The normalized spacial score (nSPS) is 13.7. The molecule has 7 heteroatoms. The molecule has 3 N–H and O–H groups in total. The molecule has 1 heterocycles. The Bertz CT molecular complexity index is 497. The Morgan fingerprint density at radius 3 is 2.74 bits per heavy atom. The van der Waals surface area contributed by atoms with Crippen LogP contribution in [0.2, 0.25) is 0 Å². The molecule has 1 aromatic rings. The van der Waals surface area contributed by atoms with Gasteiger partial charge in [0.05, 0.1) is 6.54 Å². The van der Waals surface area contributed by atoms with Crippen LogP contribution in [0.1, 0.15) is 31.8 Å². The fourth-order valence-corrected chi connectivity index (χ4v) is 3.97. The van der Waals surface area contributed by atoms with Crippen molar-refractivity contribution in [3.63, 3.8) is 0 Å². The van der Waals surface area contributed by atoms with Gasteiger partial charge in [-0.25, -0.2) is 13.1 Å². The molecular formula is C12H22N2O3S2. The maximum atomic E-state index is 12.2. The molecule has 1 rings (SSSR count). The SMILES string of the molecule is CCSCCC(C)NS(=O)(=O)c1cc(CN)oc1C. The van der Waals surface area contributed by atoms with Gasteiger partial charge in [0.25, 0.3) is 0 Å². The topological polar surface area (TPSA) is 85.3 Å². The number of aryl methyl sites for hydroxylation is 1. The van der Waals surface area contributed by atoms with Gasteiger partial charge >= 0.3 is 0 Å². The van der Waals surface area contributed by atoms with Crippen molar-refractivity contribution in [1.29, 1.82) is 0 Å². The lowest BCUT2D eigenvalue weighted by Gasteiger charge is -2.13. The van der Waals surface area contributed by atoms with Crippen molar-refractivity contribution in [1.82, 2.24) is 4.72 Å². The van der Waals surface area contributed by atoms with Crippen molar-refractivity contribution < 1.29 is 12.8 Å². The molecule has 0 spiro atoms. The highest BCUT2D eigenvalue weighted by molar-refractivity contribution is 7.99. The predicted molar refractivity (Wildman–Crippen MR) is 78.7 cm³/mol. The molecule has 0 radical (unpaired) electrons. The van der Waals surface area contributed by atoms with Crippen LogP contribution in [0, 0.1) is 6.92 Å². The van der Waals surface area contributed by atoms with Gasteiger partial charge in [-0.1, -0.05) is 6.92 Å². The van der Waals surface area contributed by atoms with E-state index >= 15 is 0 Å². The van der Waals surface area contributed by atoms with E-state index in [1.807, 2.05) is 6.92 Å². The Morgan fingerprint density at radius 1 is 1.53 bits per heavy atom. The average Bonchev–Trinajstić information content (AvgIpc) is 2.71. The number of hydrogen-bond donors (Lipinski definition) is 2. The summed E-state index contributed by atoms with van der Waals surface area (Å²) in [5.74, 6) is 2.84. The first-order chi connectivity index (χ1) is 8.90. The third kappa shape index (κ3) is 4.83. The predicted octanol–water partition coefficient (Wildman–Crippen LogP) is 1.86. The standard InChI is InChI=1S/C12H22N2O3S2/c1-4-18-6-5-9(2)14-19(15,16)12-7-11(8-13)17-10(12)3/h7,9,14H,4-6,8,13H2,1-3H3. The van der Waals surface area contributed by atoms with Crippen molar-refractivity contribution in [3.05, 3.63) is 17.6 Å². The Hall–Kier alpha value is -0.500. The quantitative estimate of drug-likeness (QED) is 0.716. The van der Waals surface area contributed by atoms with E-state index in [9.17, 15) is 8.42 Å². The zero-order valence-corrected chi connectivity index (χ0v) is 13.2. The van der Waals surface area contributed by atoms with Gasteiger partial charge in [0.1, 0.15) is 16.4 Å². The highest BCUT2D eigenvalue weighted by Crippen LogP contribution is 2.20. The first-order valence-electron chi connectivity index (χ1n) is 6.30. The van der Waals surface area contributed by atoms with E-state index in [1.165, 1.54) is 6.07 Å². The summed E-state index contributed by atoms with van der Waals surface area (Å²) in [5.41, 5.74) is 5.45. The Morgan fingerprint density at radius 2 is 2.21 bits per heavy atom. The number of nitrogens with one attached hydrogen (secondary N) is 1. The molecule has 0 saturated carbocycles. The van der Waals surface area contributed by atoms with Crippen molar-refractivity contribution in [2.45, 2.75) is 44.7 Å². The molecule has 1 aromatic heterocycles. The van der Waals surface area contributed by atoms with Gasteiger partial charge in [-0.15, -0.1) is 0 Å². The van der Waals surface area contributed by atoms with E-state index < -0.39 is 10.0 Å². The van der Waals surface area contributed by atoms with E-state index in [-0.39, 0.29) is 17.5 Å². The summed E-state index contributed by atoms with van der Waals surface area (Å²) in [4.78, 5) is 0.183. The maximum Gasteiger partial charge on any atom is 0.244 e. The second-order valence-corrected chi connectivity index (χ2v) is 7.42. The van der Waals surface area contributed by atoms with Crippen molar-refractivity contribution in [2.75, 3.05) is 11.5 Å². The van der Waals surface area contributed by atoms with Gasteiger partial charge < -0.3 is 10.2 Å². The molecule has 110 valence electrons. The third-order valence-corrected chi connectivity index (χ3v) is 5.30. The van der Waals surface area contributed by atoms with E-state index in [4.69, 9.17) is 10.2 Å². The molecule has 19 heavy (non-hydrogen) atoms. The molecule has 0 saturated heterocycles. The lowest BCUT2D eigenvalue weighted by Crippen LogP contribution is -2.33. The molecule has 0 amide bonds. The van der Waals surface area contributed by atoms with Crippen LogP contribution in [0.5, 0.6) is 0 Å². The van der Waals surface area contributed by atoms with Gasteiger partial charge in [0, 0.05) is 12.1 Å². The molecule has 0 aliphatic heterocycles. The molecule has 1 atom stereocenters. The summed E-state index contributed by atoms with van der Waals surface area (Å²) in [7, 11) is -3.53. The number of thioether (sulfide) groups is 1. The monoisotopic (exact) mass is 306 g/mol. The fraction of sp³-hybridized carbons (Fsp3) is 0.667. The maximum absolute atomic E-state index is 12.2. The zero-order chi connectivity index (χ0) is 14.5. The molecule has 1 unspecified atom stereocenters. The van der Waals surface area contributed by atoms with Gasteiger partial charge in [-0.3, -0.25) is 0 Å². The number of rotatable bonds is 8. The van der Waals surface area contributed by atoms with Gasteiger partial charge in [-0.05, 0) is 31.8 Å². The number of sulfonamides is 1. The minimum absolute atomic E-state index is 0.0975. The Balaban J connectivity index is 2.72. The van der Waals surface area contributed by atoms with Crippen LogP contribution in [0.3, 0.4) is 0 Å². The van der Waals surface area contributed by atoms with Crippen molar-refractivity contribution in [2.24, 2.45) is 5.73 Å². The molecule has 0 aromatic carbocycles. The van der Waals surface area contributed by atoms with E-state index in [2.05, 4.69) is 11.6 Å². The van der Waals surface area contributed by atoms with E-state index in [0.717, 1.165) is 17.9 Å². The summed E-state index contributed by atoms with van der Waals surface area (Å²) in [5, 5.41) is 0. The van der Waals surface area contributed by atoms with Crippen LogP contribution in [-0.4, -0.2) is 26.0 Å². The highest BCUT2D eigenvalue weighted by atomic mass is 32.2. The summed E-state index contributed by atoms with van der Waals surface area (Å²) in [6.07, 6.45) is 0.804. The second kappa shape index (κ2) is 7.33.